The molecule has 212 valence electrons. The third-order valence-corrected chi connectivity index (χ3v) is 10.1. The highest BCUT2D eigenvalue weighted by atomic mass is 35.5. The first-order valence-corrected chi connectivity index (χ1v) is 14.2. The Kier molecular flexibility index (Phi) is 6.44. The van der Waals surface area contributed by atoms with Crippen LogP contribution >= 0.6 is 11.6 Å². The molecule has 1 aliphatic carbocycles. The lowest BCUT2D eigenvalue weighted by atomic mass is 9.48. The molecule has 3 heterocycles. The zero-order valence-corrected chi connectivity index (χ0v) is 24.0. The quantitative estimate of drug-likeness (QED) is 0.415. The number of carbonyl (C=O) groups excluding carboxylic acids is 2. The van der Waals surface area contributed by atoms with Gasteiger partial charge in [0.05, 0.1) is 23.7 Å². The standard InChI is InChI=1S/C31H35ClN2O6/c1-5-29-13-8-15-34-16-14-30(26(29)34)22-12-11-20(38-4)17-24(22)33(3)27(30)31(37,28(29)40-19(2)35)18-39-25(36)21-9-6-7-10-23(21)32/h6-13,17,26-28,37H,5,14-16,18H2,1-4H3/t26-,27+,28+,29+,30+,31-/m0/s1. The van der Waals surface area contributed by atoms with E-state index in [0.717, 1.165) is 30.8 Å². The minimum Gasteiger partial charge on any atom is -0.497 e. The zero-order chi connectivity index (χ0) is 28.4. The van der Waals surface area contributed by atoms with Crippen LogP contribution in [0, 0.1) is 5.41 Å². The fourth-order valence-corrected chi connectivity index (χ4v) is 8.71. The van der Waals surface area contributed by atoms with Crippen molar-refractivity contribution < 1.29 is 28.9 Å². The maximum absolute atomic E-state index is 13.3. The first-order chi connectivity index (χ1) is 19.1. The van der Waals surface area contributed by atoms with Gasteiger partial charge >= 0.3 is 11.9 Å². The summed E-state index contributed by atoms with van der Waals surface area (Å²) in [7, 11) is 3.58. The van der Waals surface area contributed by atoms with E-state index in [1.54, 1.807) is 31.4 Å². The molecule has 1 saturated carbocycles. The molecule has 0 aromatic heterocycles. The lowest BCUT2D eigenvalue weighted by Gasteiger charge is -2.64. The molecule has 2 fully saturated rings. The SMILES string of the molecule is CC[C@]12C=CCN3CC[C@@]4(c5ccc(OC)cc5N(C)[C@H]4[C@@](O)(COC(=O)c4ccccc4Cl)[C@@H]1OC(C)=O)[C@@H]32. The van der Waals surface area contributed by atoms with Crippen LogP contribution in [-0.4, -0.2) is 79.6 Å². The molecule has 1 saturated heterocycles. The average Bonchev–Trinajstić information content (AvgIpc) is 3.46. The highest BCUT2D eigenvalue weighted by molar-refractivity contribution is 6.33. The Bertz CT molecular complexity index is 1400. The second-order valence-electron chi connectivity index (χ2n) is 11.5. The number of hydrogen-bond acceptors (Lipinski definition) is 8. The number of nitrogens with zero attached hydrogens (tertiary/aromatic N) is 2. The van der Waals surface area contributed by atoms with E-state index < -0.39 is 40.5 Å². The molecule has 1 N–H and O–H groups in total. The third kappa shape index (κ3) is 3.52. The lowest BCUT2D eigenvalue weighted by molar-refractivity contribution is -0.228. The van der Waals surface area contributed by atoms with Crippen LogP contribution in [0.2, 0.25) is 5.02 Å². The molecule has 2 aromatic rings. The molecular weight excluding hydrogens is 532 g/mol. The molecule has 2 aromatic carbocycles. The Morgan fingerprint density at radius 1 is 1.18 bits per heavy atom. The number of hydrogen-bond donors (Lipinski definition) is 1. The zero-order valence-electron chi connectivity index (χ0n) is 23.2. The van der Waals surface area contributed by atoms with Gasteiger partial charge in [0.25, 0.3) is 0 Å². The van der Waals surface area contributed by atoms with Gasteiger partial charge < -0.3 is 24.2 Å². The van der Waals surface area contributed by atoms with Crippen LogP contribution < -0.4 is 9.64 Å². The molecule has 1 spiro atoms. The average molecular weight is 567 g/mol. The second kappa shape index (κ2) is 9.50. The first-order valence-electron chi connectivity index (χ1n) is 13.8. The molecule has 4 aliphatic rings. The normalized spacial score (nSPS) is 33.6. The summed E-state index contributed by atoms with van der Waals surface area (Å²) in [6.07, 6.45) is 4.68. The number of likely N-dealkylation sites (N-methyl/N-ethyl adjacent to an activating group) is 1. The summed E-state index contributed by atoms with van der Waals surface area (Å²) in [5.41, 5.74) is -0.704. The van der Waals surface area contributed by atoms with Crippen LogP contribution in [0.1, 0.15) is 42.6 Å². The monoisotopic (exact) mass is 566 g/mol. The second-order valence-corrected chi connectivity index (χ2v) is 11.9. The Labute approximate surface area is 239 Å². The predicted octanol–water partition coefficient (Wildman–Crippen LogP) is 3.98. The summed E-state index contributed by atoms with van der Waals surface area (Å²) in [6, 6.07) is 12.1. The maximum atomic E-state index is 13.3. The van der Waals surface area contributed by atoms with E-state index in [1.807, 2.05) is 19.2 Å². The number of rotatable bonds is 6. The van der Waals surface area contributed by atoms with Gasteiger partial charge in [-0.15, -0.1) is 0 Å². The summed E-state index contributed by atoms with van der Waals surface area (Å²) in [5, 5.41) is 13.3. The van der Waals surface area contributed by atoms with Crippen molar-refractivity contribution in [2.24, 2.45) is 5.41 Å². The lowest BCUT2D eigenvalue weighted by Crippen LogP contribution is -2.80. The van der Waals surface area contributed by atoms with Crippen molar-refractivity contribution in [1.29, 1.82) is 0 Å². The van der Waals surface area contributed by atoms with Gasteiger partial charge in [-0.3, -0.25) is 9.69 Å². The van der Waals surface area contributed by atoms with Crippen molar-refractivity contribution in [1.82, 2.24) is 4.90 Å². The van der Waals surface area contributed by atoms with Gasteiger partial charge in [-0.05, 0) is 43.1 Å². The molecule has 9 heteroatoms. The molecule has 6 atom stereocenters. The fourth-order valence-electron chi connectivity index (χ4n) is 8.49. The predicted molar refractivity (Wildman–Crippen MR) is 151 cm³/mol. The van der Waals surface area contributed by atoms with Gasteiger partial charge in [0.15, 0.2) is 5.60 Å². The number of aliphatic hydroxyl groups is 1. The first kappa shape index (κ1) is 27.1. The van der Waals surface area contributed by atoms with Crippen molar-refractivity contribution in [2.75, 3.05) is 38.8 Å². The number of methoxy groups -OCH3 is 1. The van der Waals surface area contributed by atoms with Crippen molar-refractivity contribution in [3.8, 4) is 5.75 Å². The molecule has 3 aliphatic heterocycles. The number of fused-ring (bicyclic) bond motifs is 1. The Hall–Kier alpha value is -3.07. The van der Waals surface area contributed by atoms with E-state index in [9.17, 15) is 14.7 Å². The van der Waals surface area contributed by atoms with Crippen LogP contribution in [0.3, 0.4) is 0 Å². The van der Waals surface area contributed by atoms with Crippen molar-refractivity contribution in [3.05, 3.63) is 70.8 Å². The van der Waals surface area contributed by atoms with Gasteiger partial charge in [0.1, 0.15) is 18.5 Å². The fraction of sp³-hybridized carbons (Fsp3) is 0.484. The number of benzene rings is 2. The minimum atomic E-state index is -1.76. The molecule has 40 heavy (non-hydrogen) atoms. The van der Waals surface area contributed by atoms with E-state index in [-0.39, 0.29) is 23.2 Å². The summed E-state index contributed by atoms with van der Waals surface area (Å²) in [4.78, 5) is 30.5. The molecule has 0 radical (unpaired) electrons. The van der Waals surface area contributed by atoms with Gasteiger partial charge in [-0.25, -0.2) is 4.79 Å². The van der Waals surface area contributed by atoms with Crippen molar-refractivity contribution in [3.63, 3.8) is 0 Å². The topological polar surface area (TPSA) is 88.5 Å². The highest BCUT2D eigenvalue weighted by Crippen LogP contribution is 2.67. The third-order valence-electron chi connectivity index (χ3n) is 9.74. The number of halogens is 1. The number of anilines is 1. The van der Waals surface area contributed by atoms with Crippen LogP contribution in [0.5, 0.6) is 5.75 Å². The molecule has 0 bridgehead atoms. The van der Waals surface area contributed by atoms with Gasteiger partial charge in [0, 0.05) is 49.1 Å². The minimum absolute atomic E-state index is 0.0408. The summed E-state index contributed by atoms with van der Waals surface area (Å²) < 4.78 is 17.6. The number of carbonyl (C=O) groups is 2. The van der Waals surface area contributed by atoms with Crippen molar-refractivity contribution in [2.45, 2.75) is 55.9 Å². The molecular formula is C31H35ClN2O6. The maximum Gasteiger partial charge on any atom is 0.339 e. The van der Waals surface area contributed by atoms with Gasteiger partial charge in [0.2, 0.25) is 0 Å². The van der Waals surface area contributed by atoms with E-state index in [2.05, 4.69) is 34.9 Å². The molecule has 0 amide bonds. The van der Waals surface area contributed by atoms with Crippen molar-refractivity contribution >= 4 is 29.2 Å². The van der Waals surface area contributed by atoms with Gasteiger partial charge in [-0.2, -0.15) is 0 Å². The Balaban J connectivity index is 1.55. The Morgan fingerprint density at radius 2 is 1.95 bits per heavy atom. The van der Waals surface area contributed by atoms with Crippen LogP contribution in [0.15, 0.2) is 54.6 Å². The summed E-state index contributed by atoms with van der Waals surface area (Å²) in [6.45, 7) is 4.66. The van der Waals surface area contributed by atoms with E-state index >= 15 is 0 Å². The number of ether oxygens (including phenoxy) is 3. The molecule has 6 rings (SSSR count). The number of esters is 2. The van der Waals surface area contributed by atoms with Gasteiger partial charge in [-0.1, -0.05) is 48.9 Å². The summed E-state index contributed by atoms with van der Waals surface area (Å²) >= 11 is 6.29. The van der Waals surface area contributed by atoms with E-state index in [1.165, 1.54) is 6.92 Å². The summed E-state index contributed by atoms with van der Waals surface area (Å²) in [5.74, 6) is -0.426. The van der Waals surface area contributed by atoms with Crippen LogP contribution in [0.25, 0.3) is 0 Å². The smallest absolute Gasteiger partial charge is 0.339 e. The van der Waals surface area contributed by atoms with E-state index in [4.69, 9.17) is 25.8 Å². The van der Waals surface area contributed by atoms with E-state index in [0.29, 0.717) is 12.2 Å². The molecule has 8 nitrogen and oxygen atoms in total. The van der Waals surface area contributed by atoms with Crippen LogP contribution in [-0.2, 0) is 19.7 Å². The highest BCUT2D eigenvalue weighted by Gasteiger charge is 2.78. The largest absolute Gasteiger partial charge is 0.497 e. The van der Waals surface area contributed by atoms with Crippen LogP contribution in [0.4, 0.5) is 5.69 Å². The Morgan fingerprint density at radius 3 is 2.65 bits per heavy atom. The molecule has 0 unspecified atom stereocenters.